The first-order chi connectivity index (χ1) is 8.27. The molecule has 1 heterocycles. The number of halogens is 1. The molecule has 1 rings (SSSR count). The SMILES string of the molecule is CCC(CCCl)CNCCn1ccccc1=O. The van der Waals surface area contributed by atoms with E-state index < -0.39 is 0 Å². The highest BCUT2D eigenvalue weighted by Crippen LogP contribution is 2.07. The molecule has 1 aromatic heterocycles. The molecule has 1 unspecified atom stereocenters. The summed E-state index contributed by atoms with van der Waals surface area (Å²) in [4.78, 5) is 11.4. The molecule has 0 saturated carbocycles. The van der Waals surface area contributed by atoms with Crippen molar-refractivity contribution in [2.75, 3.05) is 19.0 Å². The molecule has 0 aromatic carbocycles. The average molecular weight is 257 g/mol. The van der Waals surface area contributed by atoms with Gasteiger partial charge in [-0.25, -0.2) is 0 Å². The van der Waals surface area contributed by atoms with Crippen molar-refractivity contribution in [2.24, 2.45) is 5.92 Å². The van der Waals surface area contributed by atoms with Crippen LogP contribution in [0.3, 0.4) is 0 Å². The monoisotopic (exact) mass is 256 g/mol. The lowest BCUT2D eigenvalue weighted by atomic mass is 10.0. The van der Waals surface area contributed by atoms with Gasteiger partial charge in [0, 0.05) is 31.2 Å². The molecule has 0 spiro atoms. The highest BCUT2D eigenvalue weighted by molar-refractivity contribution is 6.17. The molecule has 0 amide bonds. The lowest BCUT2D eigenvalue weighted by molar-refractivity contribution is 0.442. The second kappa shape index (κ2) is 8.31. The van der Waals surface area contributed by atoms with E-state index in [1.165, 1.54) is 0 Å². The largest absolute Gasteiger partial charge is 0.315 e. The van der Waals surface area contributed by atoms with Gasteiger partial charge in [-0.05, 0) is 24.9 Å². The molecule has 0 fully saturated rings. The van der Waals surface area contributed by atoms with Gasteiger partial charge in [0.25, 0.3) is 5.56 Å². The normalized spacial score (nSPS) is 12.6. The fourth-order valence-electron chi connectivity index (χ4n) is 1.76. The van der Waals surface area contributed by atoms with Crippen molar-refractivity contribution in [1.82, 2.24) is 9.88 Å². The first-order valence-corrected chi connectivity index (χ1v) is 6.73. The van der Waals surface area contributed by atoms with Crippen molar-refractivity contribution in [3.63, 3.8) is 0 Å². The second-order valence-corrected chi connectivity index (χ2v) is 4.57. The van der Waals surface area contributed by atoms with E-state index in [4.69, 9.17) is 11.6 Å². The van der Waals surface area contributed by atoms with E-state index in [0.29, 0.717) is 5.92 Å². The molecule has 0 aliphatic rings. The molecule has 0 saturated heterocycles. The van der Waals surface area contributed by atoms with Crippen molar-refractivity contribution in [2.45, 2.75) is 26.3 Å². The Morgan fingerprint density at radius 3 is 2.94 bits per heavy atom. The summed E-state index contributed by atoms with van der Waals surface area (Å²) in [5.74, 6) is 1.36. The highest BCUT2D eigenvalue weighted by atomic mass is 35.5. The van der Waals surface area contributed by atoms with Gasteiger partial charge in [0.15, 0.2) is 0 Å². The predicted octanol–water partition coefficient (Wildman–Crippen LogP) is 2.09. The predicted molar refractivity (Wildman–Crippen MR) is 72.7 cm³/mol. The average Bonchev–Trinajstić information content (AvgIpc) is 2.35. The Morgan fingerprint density at radius 2 is 2.29 bits per heavy atom. The van der Waals surface area contributed by atoms with Gasteiger partial charge in [-0.2, -0.15) is 0 Å². The molecule has 1 aromatic rings. The number of alkyl halides is 1. The fourth-order valence-corrected chi connectivity index (χ4v) is 2.06. The quantitative estimate of drug-likeness (QED) is 0.571. The summed E-state index contributed by atoms with van der Waals surface area (Å²) in [6, 6.07) is 5.23. The summed E-state index contributed by atoms with van der Waals surface area (Å²) in [5, 5.41) is 3.38. The molecule has 3 nitrogen and oxygen atoms in total. The van der Waals surface area contributed by atoms with Crippen LogP contribution in [0.1, 0.15) is 19.8 Å². The van der Waals surface area contributed by atoms with Crippen LogP contribution in [0.4, 0.5) is 0 Å². The number of hydrogen-bond donors (Lipinski definition) is 1. The van der Waals surface area contributed by atoms with Crippen LogP contribution in [0.5, 0.6) is 0 Å². The Kier molecular flexibility index (Phi) is 6.97. The smallest absolute Gasteiger partial charge is 0.250 e. The Balaban J connectivity index is 2.24. The minimum Gasteiger partial charge on any atom is -0.315 e. The van der Waals surface area contributed by atoms with Crippen LogP contribution in [-0.4, -0.2) is 23.5 Å². The zero-order chi connectivity index (χ0) is 12.5. The lowest BCUT2D eigenvalue weighted by Crippen LogP contribution is -2.29. The topological polar surface area (TPSA) is 34.0 Å². The fraction of sp³-hybridized carbons (Fsp3) is 0.615. The second-order valence-electron chi connectivity index (χ2n) is 4.19. The molecular weight excluding hydrogens is 236 g/mol. The number of nitrogens with zero attached hydrogens (tertiary/aromatic N) is 1. The molecule has 1 N–H and O–H groups in total. The van der Waals surface area contributed by atoms with E-state index >= 15 is 0 Å². The number of hydrogen-bond acceptors (Lipinski definition) is 2. The Bertz CT molecular complexity index is 364. The number of rotatable bonds is 8. The summed E-state index contributed by atoms with van der Waals surface area (Å²) in [5.41, 5.74) is 0.0575. The van der Waals surface area contributed by atoms with Crippen molar-refractivity contribution in [3.8, 4) is 0 Å². The van der Waals surface area contributed by atoms with Crippen LogP contribution < -0.4 is 10.9 Å². The maximum absolute atomic E-state index is 11.4. The van der Waals surface area contributed by atoms with Gasteiger partial charge in [0.1, 0.15) is 0 Å². The van der Waals surface area contributed by atoms with E-state index in [1.54, 1.807) is 16.7 Å². The van der Waals surface area contributed by atoms with E-state index in [0.717, 1.165) is 38.4 Å². The van der Waals surface area contributed by atoms with E-state index in [9.17, 15) is 4.79 Å². The van der Waals surface area contributed by atoms with Gasteiger partial charge in [-0.3, -0.25) is 4.79 Å². The van der Waals surface area contributed by atoms with Crippen molar-refractivity contribution in [3.05, 3.63) is 34.7 Å². The molecular formula is C13H21ClN2O. The maximum Gasteiger partial charge on any atom is 0.250 e. The van der Waals surface area contributed by atoms with Crippen LogP contribution in [0, 0.1) is 5.92 Å². The van der Waals surface area contributed by atoms with Gasteiger partial charge in [-0.15, -0.1) is 11.6 Å². The Labute approximate surface area is 108 Å². The van der Waals surface area contributed by atoms with Crippen LogP contribution >= 0.6 is 11.6 Å². The van der Waals surface area contributed by atoms with E-state index in [1.807, 2.05) is 12.3 Å². The third kappa shape index (κ3) is 5.37. The summed E-state index contributed by atoms with van der Waals surface area (Å²) < 4.78 is 1.72. The number of pyridine rings is 1. The number of nitrogens with one attached hydrogen (secondary N) is 1. The summed E-state index contributed by atoms with van der Waals surface area (Å²) in [7, 11) is 0. The standard InChI is InChI=1S/C13H21ClN2O/c1-2-12(6-7-14)11-15-8-10-16-9-4-3-5-13(16)17/h3-5,9,12,15H,2,6-8,10-11H2,1H3. The first kappa shape index (κ1) is 14.3. The molecule has 0 aliphatic carbocycles. The van der Waals surface area contributed by atoms with Crippen LogP contribution in [0.2, 0.25) is 0 Å². The van der Waals surface area contributed by atoms with Crippen molar-refractivity contribution in [1.29, 1.82) is 0 Å². The molecule has 96 valence electrons. The third-order valence-electron chi connectivity index (χ3n) is 2.96. The van der Waals surface area contributed by atoms with Crippen LogP contribution in [0.25, 0.3) is 0 Å². The number of aromatic nitrogens is 1. The summed E-state index contributed by atoms with van der Waals surface area (Å²) in [6.45, 7) is 4.70. The zero-order valence-electron chi connectivity index (χ0n) is 10.4. The van der Waals surface area contributed by atoms with E-state index in [2.05, 4.69) is 12.2 Å². The molecule has 1 atom stereocenters. The van der Waals surface area contributed by atoms with Gasteiger partial charge >= 0.3 is 0 Å². The molecule has 17 heavy (non-hydrogen) atoms. The highest BCUT2D eigenvalue weighted by Gasteiger charge is 2.04. The van der Waals surface area contributed by atoms with Gasteiger partial charge in [-0.1, -0.05) is 19.4 Å². The third-order valence-corrected chi connectivity index (χ3v) is 3.17. The van der Waals surface area contributed by atoms with Gasteiger partial charge in [0.2, 0.25) is 0 Å². The van der Waals surface area contributed by atoms with Gasteiger partial charge in [0.05, 0.1) is 0 Å². The Hall–Kier alpha value is -0.800. The van der Waals surface area contributed by atoms with Crippen LogP contribution in [-0.2, 0) is 6.54 Å². The summed E-state index contributed by atoms with van der Waals surface area (Å²) >= 11 is 5.73. The molecule has 0 radical (unpaired) electrons. The van der Waals surface area contributed by atoms with Crippen molar-refractivity contribution < 1.29 is 0 Å². The molecule has 4 heteroatoms. The maximum atomic E-state index is 11.4. The minimum absolute atomic E-state index is 0.0575. The lowest BCUT2D eigenvalue weighted by Gasteiger charge is -2.14. The van der Waals surface area contributed by atoms with Crippen LogP contribution in [0.15, 0.2) is 29.2 Å². The van der Waals surface area contributed by atoms with Gasteiger partial charge < -0.3 is 9.88 Å². The van der Waals surface area contributed by atoms with Crippen molar-refractivity contribution >= 4 is 11.6 Å². The Morgan fingerprint density at radius 1 is 1.47 bits per heavy atom. The summed E-state index contributed by atoms with van der Waals surface area (Å²) in [6.07, 6.45) is 4.02. The zero-order valence-corrected chi connectivity index (χ0v) is 11.1. The first-order valence-electron chi connectivity index (χ1n) is 6.20. The van der Waals surface area contributed by atoms with E-state index in [-0.39, 0.29) is 5.56 Å². The molecule has 0 bridgehead atoms. The molecule has 0 aliphatic heterocycles. The minimum atomic E-state index is 0.0575.